The van der Waals surface area contributed by atoms with Crippen molar-refractivity contribution >= 4 is 11.4 Å². The van der Waals surface area contributed by atoms with Gasteiger partial charge in [0.25, 0.3) is 0 Å². The lowest BCUT2D eigenvalue weighted by Gasteiger charge is -2.37. The smallest absolute Gasteiger partial charge is 0.333 e. The number of hydrogen-bond acceptors (Lipinski definition) is 8. The minimum Gasteiger partial charge on any atom is -0.493 e. The maximum absolute atomic E-state index is 15.0. The van der Waals surface area contributed by atoms with Crippen LogP contribution in [0.2, 0.25) is 0 Å². The van der Waals surface area contributed by atoms with Gasteiger partial charge in [-0.05, 0) is 74.9 Å². The van der Waals surface area contributed by atoms with Crippen LogP contribution >= 0.6 is 0 Å². The Morgan fingerprint density at radius 2 is 1.59 bits per heavy atom. The summed E-state index contributed by atoms with van der Waals surface area (Å²) in [6, 6.07) is 19.8. The van der Waals surface area contributed by atoms with Crippen LogP contribution in [0.1, 0.15) is 31.9 Å². The molecule has 0 unspecified atom stereocenters. The molecule has 4 heterocycles. The number of aromatic nitrogens is 5. The summed E-state index contributed by atoms with van der Waals surface area (Å²) in [5.74, 6) is -0.535. The van der Waals surface area contributed by atoms with Crippen LogP contribution in [0.5, 0.6) is 5.75 Å². The number of ether oxygens (including phenoxy) is 3. The number of nitrogens with zero attached hydrogens (tertiary/aromatic N) is 7. The molecule has 4 atom stereocenters. The van der Waals surface area contributed by atoms with Crippen molar-refractivity contribution in [1.29, 1.82) is 0 Å². The molecule has 2 aliphatic rings. The largest absolute Gasteiger partial charge is 0.493 e. The molecule has 0 spiro atoms. The zero-order valence-electron chi connectivity index (χ0n) is 29.1. The second kappa shape index (κ2) is 14.7. The van der Waals surface area contributed by atoms with E-state index >= 15 is 0 Å². The van der Waals surface area contributed by atoms with Gasteiger partial charge in [-0.15, -0.1) is 0 Å². The highest BCUT2D eigenvalue weighted by atomic mass is 19.1. The number of imidazole rings is 1. The van der Waals surface area contributed by atoms with Crippen molar-refractivity contribution < 1.29 is 23.0 Å². The van der Waals surface area contributed by atoms with E-state index in [-0.39, 0.29) is 30.3 Å². The first kappa shape index (κ1) is 34.4. The molecule has 0 saturated carbocycles. The summed E-state index contributed by atoms with van der Waals surface area (Å²) in [7, 11) is 1.65. The van der Waals surface area contributed by atoms with E-state index in [2.05, 4.69) is 44.1 Å². The molecule has 0 aliphatic carbocycles. The van der Waals surface area contributed by atoms with Crippen molar-refractivity contribution in [2.75, 3.05) is 56.3 Å². The van der Waals surface area contributed by atoms with E-state index < -0.39 is 17.2 Å². The molecule has 2 aromatic heterocycles. The highest BCUT2D eigenvalue weighted by Crippen LogP contribution is 2.42. The van der Waals surface area contributed by atoms with Gasteiger partial charge < -0.3 is 24.0 Å². The number of benzene rings is 3. The van der Waals surface area contributed by atoms with Crippen molar-refractivity contribution in [3.63, 3.8) is 0 Å². The van der Waals surface area contributed by atoms with Crippen LogP contribution in [-0.2, 0) is 21.6 Å². The van der Waals surface area contributed by atoms with Crippen LogP contribution in [0, 0.1) is 17.6 Å². The number of anilines is 2. The summed E-state index contributed by atoms with van der Waals surface area (Å²) in [6.45, 7) is 8.43. The molecule has 0 amide bonds. The summed E-state index contributed by atoms with van der Waals surface area (Å²) in [4.78, 5) is 21.8. The number of hydrogen-bond donors (Lipinski definition) is 0. The molecule has 0 radical (unpaired) electrons. The molecule has 0 N–H and O–H groups in total. The maximum Gasteiger partial charge on any atom is 0.333 e. The Hall–Kier alpha value is -5.01. The summed E-state index contributed by atoms with van der Waals surface area (Å²) in [5.41, 5.74) is 2.28. The summed E-state index contributed by atoms with van der Waals surface area (Å²) in [5, 5.41) is 4.19. The van der Waals surface area contributed by atoms with Gasteiger partial charge in [0.2, 0.25) is 0 Å². The van der Waals surface area contributed by atoms with E-state index in [0.29, 0.717) is 25.2 Å². The summed E-state index contributed by atoms with van der Waals surface area (Å²) in [6.07, 6.45) is 7.01. The Balaban J connectivity index is 0.921. The number of halogens is 2. The normalized spacial score (nSPS) is 20.5. The third-order valence-corrected chi connectivity index (χ3v) is 10.3. The van der Waals surface area contributed by atoms with Gasteiger partial charge in [-0.25, -0.2) is 23.2 Å². The number of methoxy groups -OCH3 is 1. The molecule has 13 heteroatoms. The molecule has 2 saturated heterocycles. The lowest BCUT2D eigenvalue weighted by atomic mass is 9.87. The van der Waals surface area contributed by atoms with E-state index in [9.17, 15) is 13.6 Å². The van der Waals surface area contributed by atoms with Gasteiger partial charge in [0.15, 0.2) is 0 Å². The Morgan fingerprint density at radius 3 is 2.22 bits per heavy atom. The molecule has 5 aromatic rings. The third-order valence-electron chi connectivity index (χ3n) is 10.3. The van der Waals surface area contributed by atoms with E-state index in [1.807, 2.05) is 44.3 Å². The van der Waals surface area contributed by atoms with Gasteiger partial charge in [0.05, 0.1) is 37.6 Å². The van der Waals surface area contributed by atoms with Gasteiger partial charge in [-0.1, -0.05) is 6.07 Å². The van der Waals surface area contributed by atoms with Crippen molar-refractivity contribution in [3.8, 4) is 11.4 Å². The van der Waals surface area contributed by atoms with Crippen LogP contribution < -0.4 is 20.2 Å². The molecule has 51 heavy (non-hydrogen) atoms. The third kappa shape index (κ3) is 7.26. The monoisotopic (exact) mass is 699 g/mol. The maximum atomic E-state index is 15.0. The van der Waals surface area contributed by atoms with E-state index in [0.717, 1.165) is 55.1 Å². The average Bonchev–Trinajstić information content (AvgIpc) is 3.91. The molecule has 7 rings (SSSR count). The second-order valence-electron chi connectivity index (χ2n) is 13.4. The fraction of sp³-hybridized carbons (Fsp3) is 0.395. The molecule has 11 nitrogen and oxygen atoms in total. The highest BCUT2D eigenvalue weighted by molar-refractivity contribution is 5.55. The van der Waals surface area contributed by atoms with Gasteiger partial charge in [-0.2, -0.15) is 5.10 Å². The van der Waals surface area contributed by atoms with Crippen molar-refractivity contribution in [2.24, 2.45) is 5.92 Å². The molecule has 2 fully saturated rings. The topological polar surface area (TPSA) is 91.8 Å². The quantitative estimate of drug-likeness (QED) is 0.170. The van der Waals surface area contributed by atoms with Crippen LogP contribution in [0.4, 0.5) is 20.2 Å². The number of rotatable bonds is 12. The van der Waals surface area contributed by atoms with E-state index in [4.69, 9.17) is 14.2 Å². The van der Waals surface area contributed by atoms with Crippen LogP contribution in [0.15, 0.2) is 96.6 Å². The fourth-order valence-electron chi connectivity index (χ4n) is 7.12. The van der Waals surface area contributed by atoms with Crippen molar-refractivity contribution in [2.45, 2.75) is 44.6 Å². The van der Waals surface area contributed by atoms with Crippen molar-refractivity contribution in [3.05, 3.63) is 119 Å². The molecule has 0 bridgehead atoms. The van der Waals surface area contributed by atoms with Crippen LogP contribution in [0.3, 0.4) is 0 Å². The van der Waals surface area contributed by atoms with Crippen LogP contribution in [-0.4, -0.2) is 76.5 Å². The number of piperazine rings is 1. The minimum absolute atomic E-state index is 0.00444. The Morgan fingerprint density at radius 1 is 0.922 bits per heavy atom. The standard InChI is InChI=1S/C38H43F2N7O4/c1-27(28(2)49-3)46-18-19-47(37(46)48)33-7-5-31(6-8-33)43-14-16-44(17-15-43)32-9-11-34(12-10-32)50-22-29-21-38(51-23-29,24-45-26-41-25-42-45)35-13-4-30(39)20-36(35)40/h4-13,18-20,25-29H,14-17,21-24H2,1-3H3/t27-,28-,29+,38-/m0/s1. The fourth-order valence-corrected chi connectivity index (χ4v) is 7.12. The molecule has 268 valence electrons. The second-order valence-corrected chi connectivity index (χ2v) is 13.4. The molecular weight excluding hydrogens is 656 g/mol. The predicted octanol–water partition coefficient (Wildman–Crippen LogP) is 5.44. The zero-order chi connectivity index (χ0) is 35.5. The lowest BCUT2D eigenvalue weighted by molar-refractivity contribution is -0.0206. The molecule has 2 aliphatic heterocycles. The summed E-state index contributed by atoms with van der Waals surface area (Å²) < 4.78 is 51.5. The van der Waals surface area contributed by atoms with Gasteiger partial charge >= 0.3 is 5.69 Å². The van der Waals surface area contributed by atoms with E-state index in [1.54, 1.807) is 33.4 Å². The highest BCUT2D eigenvalue weighted by Gasteiger charge is 2.44. The van der Waals surface area contributed by atoms with Gasteiger partial charge in [-0.3, -0.25) is 9.13 Å². The SMILES string of the molecule is CO[C@@H](C)[C@H](C)n1ccn(-c2ccc(N3CCN(c4ccc(OC[C@@H]5CO[C@@](Cn6cncn6)(c6ccc(F)cc6F)C5)cc4)CC3)cc2)c1=O. The predicted molar refractivity (Wildman–Crippen MR) is 190 cm³/mol. The van der Waals surface area contributed by atoms with E-state index in [1.165, 1.54) is 18.5 Å². The molecular formula is C38H43F2N7O4. The van der Waals surface area contributed by atoms with Crippen molar-refractivity contribution in [1.82, 2.24) is 23.9 Å². The van der Waals surface area contributed by atoms with Crippen LogP contribution in [0.25, 0.3) is 5.69 Å². The average molecular weight is 700 g/mol. The Kier molecular flexibility index (Phi) is 9.92. The minimum atomic E-state index is -1.01. The first-order valence-electron chi connectivity index (χ1n) is 17.3. The zero-order valence-corrected chi connectivity index (χ0v) is 29.1. The lowest BCUT2D eigenvalue weighted by Crippen LogP contribution is -2.46. The first-order chi connectivity index (χ1) is 24.7. The molecule has 3 aromatic carbocycles. The summed E-state index contributed by atoms with van der Waals surface area (Å²) >= 11 is 0. The Labute approximate surface area is 295 Å². The van der Waals surface area contributed by atoms with Gasteiger partial charge in [0.1, 0.15) is 35.6 Å². The van der Waals surface area contributed by atoms with Gasteiger partial charge in [0, 0.05) is 74.6 Å². The Bertz CT molecular complexity index is 1960. The first-order valence-corrected chi connectivity index (χ1v) is 17.3.